The fourth-order valence-corrected chi connectivity index (χ4v) is 4.97. The van der Waals surface area contributed by atoms with Gasteiger partial charge in [0.25, 0.3) is 0 Å². The molecule has 0 aliphatic rings. The SMILES string of the molecule is CON(C)C(=O)C(C)Oc1ccccc1[CH]=[Ru]([I])[I]. The molecule has 0 saturated carbocycles. The molecular weight excluding hydrogens is 561 g/mol. The van der Waals surface area contributed by atoms with Crippen molar-refractivity contribution in [2.75, 3.05) is 14.2 Å². The van der Waals surface area contributed by atoms with Crippen LogP contribution in [0.3, 0.4) is 0 Å². The number of benzene rings is 1. The van der Waals surface area contributed by atoms with Gasteiger partial charge >= 0.3 is 141 Å². The van der Waals surface area contributed by atoms with Crippen molar-refractivity contribution < 1.29 is 22.8 Å². The Hall–Kier alpha value is 0.403. The Morgan fingerprint density at radius 2 is 2.05 bits per heavy atom. The summed E-state index contributed by atoms with van der Waals surface area (Å²) in [5, 5.41) is 1.17. The number of ether oxygens (including phenoxy) is 1. The number of amides is 1. The second-order valence-corrected chi connectivity index (χ2v) is 23.5. The van der Waals surface area contributed by atoms with Gasteiger partial charge in [0, 0.05) is 0 Å². The molecule has 0 spiro atoms. The molecule has 1 atom stereocenters. The third kappa shape index (κ3) is 5.73. The molecule has 0 saturated heterocycles. The summed E-state index contributed by atoms with van der Waals surface area (Å²) in [5.41, 5.74) is 1.05. The Labute approximate surface area is 139 Å². The van der Waals surface area contributed by atoms with Gasteiger partial charge in [0.2, 0.25) is 0 Å². The molecule has 0 aromatic heterocycles. The zero-order valence-corrected chi connectivity index (χ0v) is 16.8. The topological polar surface area (TPSA) is 38.8 Å². The first-order chi connectivity index (χ1) is 8.95. The van der Waals surface area contributed by atoms with Crippen molar-refractivity contribution in [2.45, 2.75) is 13.0 Å². The van der Waals surface area contributed by atoms with Crippen LogP contribution >= 0.6 is 39.5 Å². The molecule has 0 aliphatic heterocycles. The Bertz CT molecular complexity index is 478. The predicted octanol–water partition coefficient (Wildman–Crippen LogP) is 2.94. The Morgan fingerprint density at radius 3 is 2.63 bits per heavy atom. The molecule has 1 unspecified atom stereocenters. The van der Waals surface area contributed by atoms with Crippen LogP contribution in [0.25, 0.3) is 0 Å². The van der Waals surface area contributed by atoms with Crippen LogP contribution in [0.5, 0.6) is 5.75 Å². The van der Waals surface area contributed by atoms with Crippen LogP contribution in [0.4, 0.5) is 0 Å². The second kappa shape index (κ2) is 8.64. The summed E-state index contributed by atoms with van der Waals surface area (Å²) in [7, 11) is 2.08. The van der Waals surface area contributed by atoms with Crippen LogP contribution in [-0.2, 0) is 18.1 Å². The number of para-hydroxylation sites is 1. The maximum atomic E-state index is 11.9. The zero-order valence-electron chi connectivity index (χ0n) is 10.7. The van der Waals surface area contributed by atoms with E-state index in [0.717, 1.165) is 11.3 Å². The molecule has 0 N–H and O–H groups in total. The number of hydroxylamine groups is 2. The summed E-state index contributed by atoms with van der Waals surface area (Å²) in [6, 6.07) is 7.76. The number of hydrogen-bond acceptors (Lipinski definition) is 3. The molecule has 0 heterocycles. The van der Waals surface area contributed by atoms with Crippen LogP contribution in [0, 0.1) is 0 Å². The Kier molecular flexibility index (Phi) is 7.93. The molecule has 7 heteroatoms. The van der Waals surface area contributed by atoms with E-state index >= 15 is 0 Å². The third-order valence-electron chi connectivity index (χ3n) is 2.34. The van der Waals surface area contributed by atoms with E-state index in [2.05, 4.69) is 44.1 Å². The summed E-state index contributed by atoms with van der Waals surface area (Å²) < 4.78 is 7.97. The van der Waals surface area contributed by atoms with Gasteiger partial charge in [0.15, 0.2) is 0 Å². The molecule has 1 aromatic carbocycles. The molecule has 0 fully saturated rings. The number of nitrogens with zero attached hydrogens (tertiary/aromatic N) is 1. The Morgan fingerprint density at radius 1 is 1.42 bits per heavy atom. The molecule has 1 rings (SSSR count). The molecule has 0 bridgehead atoms. The molecule has 108 valence electrons. The van der Waals surface area contributed by atoms with E-state index in [0.29, 0.717) is 0 Å². The van der Waals surface area contributed by atoms with Gasteiger partial charge in [-0.2, -0.15) is 0 Å². The maximum absolute atomic E-state index is 11.9. The first-order valence-corrected chi connectivity index (χ1v) is 16.7. The fourth-order valence-electron chi connectivity index (χ4n) is 1.34. The van der Waals surface area contributed by atoms with Crippen molar-refractivity contribution in [1.82, 2.24) is 5.06 Å². The first kappa shape index (κ1) is 17.5. The summed E-state index contributed by atoms with van der Waals surface area (Å²) in [5.74, 6) is 0.523. The first-order valence-electron chi connectivity index (χ1n) is 5.36. The summed E-state index contributed by atoms with van der Waals surface area (Å²) >= 11 is 4.90. The summed E-state index contributed by atoms with van der Waals surface area (Å²) in [4.78, 5) is 16.7. The van der Waals surface area contributed by atoms with Crippen LogP contribution < -0.4 is 4.74 Å². The summed E-state index contributed by atoms with van der Waals surface area (Å²) in [6.45, 7) is 1.72. The van der Waals surface area contributed by atoms with Crippen molar-refractivity contribution in [3.8, 4) is 5.75 Å². The van der Waals surface area contributed by atoms with Gasteiger partial charge in [-0.3, -0.25) is 0 Å². The van der Waals surface area contributed by atoms with Crippen molar-refractivity contribution in [1.29, 1.82) is 0 Å². The van der Waals surface area contributed by atoms with E-state index in [9.17, 15) is 4.79 Å². The molecule has 19 heavy (non-hydrogen) atoms. The van der Waals surface area contributed by atoms with E-state index < -0.39 is 14.6 Å². The number of halogens is 2. The predicted molar refractivity (Wildman–Crippen MR) is 89.5 cm³/mol. The zero-order chi connectivity index (χ0) is 14.4. The van der Waals surface area contributed by atoms with E-state index in [1.807, 2.05) is 24.3 Å². The van der Waals surface area contributed by atoms with Crippen LogP contribution in [0.1, 0.15) is 12.5 Å². The Balaban J connectivity index is 2.88. The van der Waals surface area contributed by atoms with E-state index in [-0.39, 0.29) is 5.91 Å². The van der Waals surface area contributed by atoms with Crippen molar-refractivity contribution in [3.05, 3.63) is 29.8 Å². The van der Waals surface area contributed by atoms with Crippen molar-refractivity contribution in [2.24, 2.45) is 0 Å². The van der Waals surface area contributed by atoms with Gasteiger partial charge in [-0.1, -0.05) is 0 Å². The standard InChI is InChI=1S/C12H15NO3.2HI.Ru/c1-9-7-5-6-8-11(9)16-10(2)12(14)13(3)15-4;;;/h1,5-8,10H,2-4H3;2*1H;/q;;;+2/p-2. The summed E-state index contributed by atoms with van der Waals surface area (Å²) in [6.07, 6.45) is -0.580. The third-order valence-corrected chi connectivity index (χ3v) is 5.87. The molecule has 0 aliphatic carbocycles. The van der Waals surface area contributed by atoms with Gasteiger partial charge in [0.05, 0.1) is 0 Å². The average Bonchev–Trinajstić information content (AvgIpc) is 2.38. The van der Waals surface area contributed by atoms with Gasteiger partial charge in [-0.05, 0) is 0 Å². The van der Waals surface area contributed by atoms with E-state index in [1.165, 1.54) is 12.2 Å². The minimum absolute atomic E-state index is 0.213. The van der Waals surface area contributed by atoms with Crippen molar-refractivity contribution in [3.63, 3.8) is 0 Å². The quantitative estimate of drug-likeness (QED) is 0.308. The van der Waals surface area contributed by atoms with Crippen LogP contribution in [0.15, 0.2) is 24.3 Å². The molecule has 1 amide bonds. The molecule has 4 nitrogen and oxygen atoms in total. The average molecular weight is 576 g/mol. The number of carbonyl (C=O) groups is 1. The van der Waals surface area contributed by atoms with Gasteiger partial charge in [-0.15, -0.1) is 0 Å². The molecular formula is C12H15I2NO3Ru. The molecule has 1 aromatic rings. The number of rotatable bonds is 5. The van der Waals surface area contributed by atoms with Gasteiger partial charge < -0.3 is 0 Å². The van der Waals surface area contributed by atoms with Gasteiger partial charge in [0.1, 0.15) is 0 Å². The number of hydrogen-bond donors (Lipinski definition) is 0. The second-order valence-electron chi connectivity index (χ2n) is 3.62. The van der Waals surface area contributed by atoms with Crippen molar-refractivity contribution >= 4 is 50.0 Å². The number of carbonyl (C=O) groups excluding carboxylic acids is 1. The normalized spacial score (nSPS) is 12.6. The van der Waals surface area contributed by atoms with Crippen LogP contribution in [-0.4, -0.2) is 35.8 Å². The van der Waals surface area contributed by atoms with Gasteiger partial charge in [-0.25, -0.2) is 0 Å². The van der Waals surface area contributed by atoms with E-state index in [4.69, 9.17) is 9.57 Å². The minimum atomic E-state index is -0.946. The van der Waals surface area contributed by atoms with E-state index in [1.54, 1.807) is 14.0 Å². The number of likely N-dealkylation sites (N-methyl/N-ethyl adjacent to an activating group) is 1. The fraction of sp³-hybridized carbons (Fsp3) is 0.333. The van der Waals surface area contributed by atoms with Crippen LogP contribution in [0.2, 0.25) is 0 Å². The monoisotopic (exact) mass is 577 g/mol. The molecule has 0 radical (unpaired) electrons.